The maximum Gasteiger partial charge on any atom is 0.170 e. The van der Waals surface area contributed by atoms with Crippen LogP contribution in [0.25, 0.3) is 0 Å². The normalized spacial score (nSPS) is 16.4. The van der Waals surface area contributed by atoms with Gasteiger partial charge in [-0.3, -0.25) is 4.79 Å². The molecular weight excluding hydrogens is 280 g/mol. The van der Waals surface area contributed by atoms with E-state index in [1.807, 2.05) is 30.3 Å². The van der Waals surface area contributed by atoms with Gasteiger partial charge < -0.3 is 14.6 Å². The summed E-state index contributed by atoms with van der Waals surface area (Å²) in [5, 5.41) is 11.1. The molecule has 0 saturated heterocycles. The molecule has 0 saturated carbocycles. The zero-order chi connectivity index (χ0) is 15.7. The van der Waals surface area contributed by atoms with Gasteiger partial charge in [-0.05, 0) is 41.3 Å². The van der Waals surface area contributed by atoms with Crippen LogP contribution in [0.3, 0.4) is 0 Å². The molecule has 0 aromatic heterocycles. The monoisotopic (exact) mass is 295 g/mol. The topological polar surface area (TPSA) is 66.4 Å². The lowest BCUT2D eigenvalue weighted by Crippen LogP contribution is -2.27. The minimum Gasteiger partial charge on any atom is -0.550 e. The largest absolute Gasteiger partial charge is 0.550 e. The lowest BCUT2D eigenvalue weighted by atomic mass is 9.88. The summed E-state index contributed by atoms with van der Waals surface area (Å²) in [4.78, 5) is 23.9. The Hall–Kier alpha value is -2.62. The van der Waals surface area contributed by atoms with Gasteiger partial charge in [-0.25, -0.2) is 0 Å². The molecule has 4 nitrogen and oxygen atoms in total. The standard InChI is InChI=1S/C18H16O4/c1-22-13-6-7-15-12(9-13)8-11-4-2-3-5-14(11)16(18(15)21)10-17(19)20/h2-7,9,16H,8,10H2,1H3,(H,19,20)/p-1. The molecule has 0 amide bonds. The number of carbonyl (C=O) groups excluding carboxylic acids is 2. The Labute approximate surface area is 128 Å². The third kappa shape index (κ3) is 2.48. The first kappa shape index (κ1) is 14.3. The number of rotatable bonds is 3. The fourth-order valence-electron chi connectivity index (χ4n) is 3.02. The van der Waals surface area contributed by atoms with Crippen LogP contribution in [-0.2, 0) is 11.2 Å². The summed E-state index contributed by atoms with van der Waals surface area (Å²) in [6.45, 7) is 0. The molecular formula is C18H15O4-. The van der Waals surface area contributed by atoms with Crippen molar-refractivity contribution in [1.82, 2.24) is 0 Å². The Bertz CT molecular complexity index is 749. The van der Waals surface area contributed by atoms with Crippen LogP contribution in [0.1, 0.15) is 39.4 Å². The predicted molar refractivity (Wildman–Crippen MR) is 78.9 cm³/mol. The lowest BCUT2D eigenvalue weighted by molar-refractivity contribution is -0.305. The van der Waals surface area contributed by atoms with Gasteiger partial charge in [0.2, 0.25) is 0 Å². The smallest absolute Gasteiger partial charge is 0.170 e. The molecule has 0 fully saturated rings. The number of Topliss-reactive ketones (excluding diaryl/α,β-unsaturated/α-hetero) is 1. The van der Waals surface area contributed by atoms with Gasteiger partial charge in [0, 0.05) is 18.0 Å². The van der Waals surface area contributed by atoms with Gasteiger partial charge in [0.25, 0.3) is 0 Å². The number of methoxy groups -OCH3 is 1. The first-order chi connectivity index (χ1) is 10.6. The van der Waals surface area contributed by atoms with Crippen molar-refractivity contribution in [2.24, 2.45) is 0 Å². The molecule has 0 heterocycles. The number of aliphatic carboxylic acids is 1. The second kappa shape index (κ2) is 5.64. The molecule has 2 aromatic rings. The number of carboxylic acids is 1. The van der Waals surface area contributed by atoms with Gasteiger partial charge >= 0.3 is 0 Å². The average molecular weight is 295 g/mol. The highest BCUT2D eigenvalue weighted by atomic mass is 16.5. The minimum absolute atomic E-state index is 0.174. The molecule has 2 aromatic carbocycles. The summed E-state index contributed by atoms with van der Waals surface area (Å²) in [6, 6.07) is 12.7. The van der Waals surface area contributed by atoms with E-state index in [-0.39, 0.29) is 12.2 Å². The van der Waals surface area contributed by atoms with Gasteiger partial charge in [-0.15, -0.1) is 0 Å². The predicted octanol–water partition coefficient (Wildman–Crippen LogP) is 1.71. The zero-order valence-electron chi connectivity index (χ0n) is 12.2. The number of fused-ring (bicyclic) bond motifs is 2. The van der Waals surface area contributed by atoms with Gasteiger partial charge in [0.15, 0.2) is 5.78 Å². The zero-order valence-corrected chi connectivity index (χ0v) is 12.2. The quantitative estimate of drug-likeness (QED) is 0.864. The van der Waals surface area contributed by atoms with Crippen LogP contribution >= 0.6 is 0 Å². The molecule has 0 N–H and O–H groups in total. The van der Waals surface area contributed by atoms with Crippen LogP contribution in [-0.4, -0.2) is 18.9 Å². The van der Waals surface area contributed by atoms with E-state index in [0.717, 1.165) is 16.7 Å². The fraction of sp³-hybridized carbons (Fsp3) is 0.222. The summed E-state index contributed by atoms with van der Waals surface area (Å²) in [5.41, 5.74) is 3.15. The van der Waals surface area contributed by atoms with Crippen LogP contribution in [0.15, 0.2) is 42.5 Å². The van der Waals surface area contributed by atoms with Crippen molar-refractivity contribution < 1.29 is 19.4 Å². The Morgan fingerprint density at radius 2 is 2.00 bits per heavy atom. The second-order valence-corrected chi connectivity index (χ2v) is 5.39. The van der Waals surface area contributed by atoms with Crippen LogP contribution in [0.4, 0.5) is 0 Å². The number of hydrogen-bond donors (Lipinski definition) is 0. The minimum atomic E-state index is -1.22. The molecule has 112 valence electrons. The molecule has 1 aliphatic carbocycles. The Kier molecular flexibility index (Phi) is 3.67. The molecule has 0 radical (unpaired) electrons. The van der Waals surface area contributed by atoms with Crippen molar-refractivity contribution in [2.75, 3.05) is 7.11 Å². The first-order valence-corrected chi connectivity index (χ1v) is 7.09. The van der Waals surface area contributed by atoms with Gasteiger partial charge in [-0.2, -0.15) is 0 Å². The van der Waals surface area contributed by atoms with Gasteiger partial charge in [-0.1, -0.05) is 24.3 Å². The molecule has 4 heteroatoms. The number of ketones is 1. The fourth-order valence-corrected chi connectivity index (χ4v) is 3.02. The van der Waals surface area contributed by atoms with E-state index in [1.54, 1.807) is 19.2 Å². The molecule has 1 aliphatic rings. The van der Waals surface area contributed by atoms with E-state index in [9.17, 15) is 14.7 Å². The Balaban J connectivity index is 2.17. The summed E-state index contributed by atoms with van der Waals surface area (Å²) < 4.78 is 5.22. The maximum atomic E-state index is 12.8. The molecule has 0 spiro atoms. The van der Waals surface area contributed by atoms with Crippen molar-refractivity contribution in [3.8, 4) is 5.75 Å². The van der Waals surface area contributed by atoms with Crippen LogP contribution < -0.4 is 9.84 Å². The Morgan fingerprint density at radius 3 is 2.73 bits per heavy atom. The number of ether oxygens (including phenoxy) is 1. The summed E-state index contributed by atoms with van der Waals surface area (Å²) in [6.07, 6.45) is 0.277. The van der Waals surface area contributed by atoms with E-state index >= 15 is 0 Å². The van der Waals surface area contributed by atoms with Crippen molar-refractivity contribution in [3.05, 3.63) is 64.7 Å². The van der Waals surface area contributed by atoms with Crippen molar-refractivity contribution in [2.45, 2.75) is 18.8 Å². The lowest BCUT2D eigenvalue weighted by Gasteiger charge is -2.17. The maximum absolute atomic E-state index is 12.8. The molecule has 0 aliphatic heterocycles. The van der Waals surface area contributed by atoms with Crippen molar-refractivity contribution in [1.29, 1.82) is 0 Å². The number of carboxylic acid groups (broad SMARTS) is 1. The average Bonchev–Trinajstić information content (AvgIpc) is 2.62. The van der Waals surface area contributed by atoms with E-state index in [2.05, 4.69) is 0 Å². The van der Waals surface area contributed by atoms with E-state index < -0.39 is 11.9 Å². The molecule has 1 unspecified atom stereocenters. The summed E-state index contributed by atoms with van der Waals surface area (Å²) in [5.74, 6) is -1.41. The molecule has 0 bridgehead atoms. The number of carbonyl (C=O) groups is 2. The first-order valence-electron chi connectivity index (χ1n) is 7.09. The summed E-state index contributed by atoms with van der Waals surface area (Å²) >= 11 is 0. The highest BCUT2D eigenvalue weighted by Gasteiger charge is 2.29. The van der Waals surface area contributed by atoms with Crippen molar-refractivity contribution >= 4 is 11.8 Å². The number of hydrogen-bond acceptors (Lipinski definition) is 4. The highest BCUT2D eigenvalue weighted by Crippen LogP contribution is 2.35. The number of benzene rings is 2. The SMILES string of the molecule is COc1ccc2c(c1)Cc1ccccc1C(CC(=O)[O-])C2=O. The van der Waals surface area contributed by atoms with Crippen LogP contribution in [0, 0.1) is 0 Å². The van der Waals surface area contributed by atoms with E-state index in [4.69, 9.17) is 4.74 Å². The Morgan fingerprint density at radius 1 is 1.23 bits per heavy atom. The van der Waals surface area contributed by atoms with Gasteiger partial charge in [0.1, 0.15) is 5.75 Å². The van der Waals surface area contributed by atoms with Gasteiger partial charge in [0.05, 0.1) is 13.0 Å². The third-order valence-corrected chi connectivity index (χ3v) is 4.08. The van der Waals surface area contributed by atoms with E-state index in [0.29, 0.717) is 17.7 Å². The van der Waals surface area contributed by atoms with Crippen LogP contribution in [0.2, 0.25) is 0 Å². The van der Waals surface area contributed by atoms with Crippen molar-refractivity contribution in [3.63, 3.8) is 0 Å². The molecule has 1 atom stereocenters. The second-order valence-electron chi connectivity index (χ2n) is 5.39. The third-order valence-electron chi connectivity index (χ3n) is 4.08. The van der Waals surface area contributed by atoms with Crippen LogP contribution in [0.5, 0.6) is 5.75 Å². The summed E-state index contributed by atoms with van der Waals surface area (Å²) in [7, 11) is 1.58. The highest BCUT2D eigenvalue weighted by molar-refractivity contribution is 6.04. The van der Waals surface area contributed by atoms with E-state index in [1.165, 1.54) is 0 Å². The molecule has 3 rings (SSSR count). The molecule has 22 heavy (non-hydrogen) atoms.